The predicted molar refractivity (Wildman–Crippen MR) is 80.9 cm³/mol. The maximum atomic E-state index is 12.6. The van der Waals surface area contributed by atoms with Crippen molar-refractivity contribution >= 4 is 22.1 Å². The molecule has 110 valence electrons. The summed E-state index contributed by atoms with van der Waals surface area (Å²) in [5.74, 6) is 0.703. The Hall–Kier alpha value is -2.89. The summed E-state index contributed by atoms with van der Waals surface area (Å²) in [6.07, 6.45) is 1.54. The second kappa shape index (κ2) is 4.56. The number of nitrogens with zero attached hydrogens (tertiary/aromatic N) is 3. The molecule has 0 amide bonds. The second-order valence-corrected chi connectivity index (χ2v) is 5.26. The number of hydrogen-bond donors (Lipinski definition) is 0. The standard InChI is InChI=1S/C16H13N3O3/c1-9-12(10(2)22-18-9)7-19-8-17-14-11-5-3-4-6-13(11)21-15(14)16(19)20/h3-6,8H,7H2,1-2H3. The molecule has 0 saturated heterocycles. The third-order valence-corrected chi connectivity index (χ3v) is 3.86. The Morgan fingerprint density at radius 3 is 2.82 bits per heavy atom. The lowest BCUT2D eigenvalue weighted by Crippen LogP contribution is -2.21. The lowest BCUT2D eigenvalue weighted by molar-refractivity contribution is 0.392. The van der Waals surface area contributed by atoms with E-state index in [9.17, 15) is 4.79 Å². The van der Waals surface area contributed by atoms with Crippen LogP contribution in [0, 0.1) is 13.8 Å². The first-order valence-electron chi connectivity index (χ1n) is 6.93. The van der Waals surface area contributed by atoms with Crippen molar-refractivity contribution in [2.45, 2.75) is 20.4 Å². The molecule has 1 aromatic carbocycles. The predicted octanol–water partition coefficient (Wildman–Crippen LogP) is 2.80. The molecule has 0 atom stereocenters. The van der Waals surface area contributed by atoms with E-state index in [1.165, 1.54) is 4.57 Å². The van der Waals surface area contributed by atoms with Gasteiger partial charge in [-0.05, 0) is 26.0 Å². The zero-order chi connectivity index (χ0) is 15.3. The molecule has 0 bridgehead atoms. The van der Waals surface area contributed by atoms with E-state index in [4.69, 9.17) is 8.94 Å². The van der Waals surface area contributed by atoms with Crippen LogP contribution in [0.15, 0.2) is 44.3 Å². The van der Waals surface area contributed by atoms with Gasteiger partial charge in [-0.3, -0.25) is 9.36 Å². The van der Waals surface area contributed by atoms with E-state index in [2.05, 4.69) is 10.1 Å². The monoisotopic (exact) mass is 295 g/mol. The minimum absolute atomic E-state index is 0.207. The van der Waals surface area contributed by atoms with Crippen molar-refractivity contribution in [2.24, 2.45) is 0 Å². The summed E-state index contributed by atoms with van der Waals surface area (Å²) in [6, 6.07) is 7.49. The van der Waals surface area contributed by atoms with E-state index < -0.39 is 0 Å². The molecule has 4 rings (SSSR count). The molecule has 0 spiro atoms. The van der Waals surface area contributed by atoms with Crippen LogP contribution in [0.2, 0.25) is 0 Å². The van der Waals surface area contributed by atoms with E-state index in [1.807, 2.05) is 38.1 Å². The Bertz CT molecular complexity index is 1040. The molecular weight excluding hydrogens is 282 g/mol. The summed E-state index contributed by atoms with van der Waals surface area (Å²) in [4.78, 5) is 17.0. The summed E-state index contributed by atoms with van der Waals surface area (Å²) in [5, 5.41) is 4.75. The maximum Gasteiger partial charge on any atom is 0.297 e. The van der Waals surface area contributed by atoms with Crippen molar-refractivity contribution in [3.8, 4) is 0 Å². The highest BCUT2D eigenvalue weighted by Crippen LogP contribution is 2.24. The second-order valence-electron chi connectivity index (χ2n) is 5.26. The normalized spacial score (nSPS) is 11.5. The van der Waals surface area contributed by atoms with E-state index in [1.54, 1.807) is 6.33 Å². The number of hydrogen-bond acceptors (Lipinski definition) is 5. The van der Waals surface area contributed by atoms with Crippen molar-refractivity contribution in [3.05, 3.63) is 58.0 Å². The van der Waals surface area contributed by atoms with Crippen molar-refractivity contribution in [1.82, 2.24) is 14.7 Å². The average Bonchev–Trinajstić information content (AvgIpc) is 3.05. The van der Waals surface area contributed by atoms with E-state index in [0.29, 0.717) is 23.4 Å². The molecule has 3 aromatic heterocycles. The molecule has 22 heavy (non-hydrogen) atoms. The average molecular weight is 295 g/mol. The Morgan fingerprint density at radius 1 is 1.23 bits per heavy atom. The highest BCUT2D eigenvalue weighted by Gasteiger charge is 2.15. The fourth-order valence-electron chi connectivity index (χ4n) is 2.63. The molecule has 0 aliphatic rings. The van der Waals surface area contributed by atoms with Gasteiger partial charge in [0.2, 0.25) is 5.58 Å². The topological polar surface area (TPSA) is 74.1 Å². The zero-order valence-electron chi connectivity index (χ0n) is 12.2. The lowest BCUT2D eigenvalue weighted by atomic mass is 10.2. The third kappa shape index (κ3) is 1.77. The Kier molecular flexibility index (Phi) is 2.66. The summed E-state index contributed by atoms with van der Waals surface area (Å²) >= 11 is 0. The number of para-hydroxylation sites is 1. The van der Waals surface area contributed by atoms with Crippen LogP contribution in [-0.2, 0) is 6.54 Å². The van der Waals surface area contributed by atoms with Crippen LogP contribution < -0.4 is 5.56 Å². The molecule has 6 heteroatoms. The lowest BCUT2D eigenvalue weighted by Gasteiger charge is -2.03. The van der Waals surface area contributed by atoms with Crippen molar-refractivity contribution in [1.29, 1.82) is 0 Å². The Balaban J connectivity index is 1.91. The SMILES string of the molecule is Cc1noc(C)c1Cn1cnc2c(oc3ccccc32)c1=O. The molecule has 0 radical (unpaired) electrons. The van der Waals surface area contributed by atoms with Gasteiger partial charge in [0.15, 0.2) is 0 Å². The molecule has 0 fully saturated rings. The van der Waals surface area contributed by atoms with Crippen molar-refractivity contribution in [3.63, 3.8) is 0 Å². The van der Waals surface area contributed by atoms with Gasteiger partial charge < -0.3 is 8.94 Å². The number of fused-ring (bicyclic) bond motifs is 3. The Morgan fingerprint density at radius 2 is 2.05 bits per heavy atom. The van der Waals surface area contributed by atoms with Crippen LogP contribution in [0.1, 0.15) is 17.0 Å². The number of furan rings is 1. The molecule has 3 heterocycles. The highest BCUT2D eigenvalue weighted by molar-refractivity contribution is 6.01. The summed E-state index contributed by atoms with van der Waals surface area (Å²) < 4.78 is 12.3. The van der Waals surface area contributed by atoms with Crippen LogP contribution in [0.5, 0.6) is 0 Å². The van der Waals surface area contributed by atoms with Gasteiger partial charge in [0.1, 0.15) is 16.9 Å². The van der Waals surface area contributed by atoms with Crippen LogP contribution in [0.4, 0.5) is 0 Å². The molecule has 0 aliphatic carbocycles. The number of rotatable bonds is 2. The molecule has 0 unspecified atom stereocenters. The van der Waals surface area contributed by atoms with Gasteiger partial charge in [-0.25, -0.2) is 4.98 Å². The van der Waals surface area contributed by atoms with Gasteiger partial charge in [0, 0.05) is 10.9 Å². The first-order chi connectivity index (χ1) is 10.6. The number of benzene rings is 1. The van der Waals surface area contributed by atoms with Crippen LogP contribution >= 0.6 is 0 Å². The van der Waals surface area contributed by atoms with Gasteiger partial charge >= 0.3 is 0 Å². The quantitative estimate of drug-likeness (QED) is 0.568. The fraction of sp³-hybridized carbons (Fsp3) is 0.188. The molecule has 6 nitrogen and oxygen atoms in total. The smallest absolute Gasteiger partial charge is 0.297 e. The molecule has 0 aliphatic heterocycles. The van der Waals surface area contributed by atoms with Crippen LogP contribution in [0.25, 0.3) is 22.1 Å². The Labute approximate surface area is 125 Å². The first kappa shape index (κ1) is 12.8. The zero-order valence-corrected chi connectivity index (χ0v) is 12.2. The molecule has 4 aromatic rings. The minimum atomic E-state index is -0.207. The van der Waals surface area contributed by atoms with Gasteiger partial charge in [-0.2, -0.15) is 0 Å². The molecule has 0 N–H and O–H groups in total. The van der Waals surface area contributed by atoms with Crippen LogP contribution in [0.3, 0.4) is 0 Å². The molecular formula is C16H13N3O3. The highest BCUT2D eigenvalue weighted by atomic mass is 16.5. The number of aryl methyl sites for hydroxylation is 2. The van der Waals surface area contributed by atoms with Gasteiger partial charge in [0.25, 0.3) is 5.56 Å². The maximum absolute atomic E-state index is 12.6. The first-order valence-corrected chi connectivity index (χ1v) is 6.93. The minimum Gasteiger partial charge on any atom is -0.448 e. The molecule has 0 saturated carbocycles. The summed E-state index contributed by atoms with van der Waals surface area (Å²) in [7, 11) is 0. The van der Waals surface area contributed by atoms with Crippen molar-refractivity contribution < 1.29 is 8.94 Å². The fourth-order valence-corrected chi connectivity index (χ4v) is 2.63. The summed E-state index contributed by atoms with van der Waals surface area (Å²) in [5.41, 5.74) is 2.98. The largest absolute Gasteiger partial charge is 0.448 e. The van der Waals surface area contributed by atoms with E-state index in [0.717, 1.165) is 16.6 Å². The van der Waals surface area contributed by atoms with Gasteiger partial charge in [0.05, 0.1) is 18.6 Å². The van der Waals surface area contributed by atoms with Gasteiger partial charge in [-0.1, -0.05) is 17.3 Å². The van der Waals surface area contributed by atoms with Crippen LogP contribution in [-0.4, -0.2) is 14.7 Å². The van der Waals surface area contributed by atoms with Gasteiger partial charge in [-0.15, -0.1) is 0 Å². The van der Waals surface area contributed by atoms with Crippen molar-refractivity contribution in [2.75, 3.05) is 0 Å². The summed E-state index contributed by atoms with van der Waals surface area (Å²) in [6.45, 7) is 4.04. The number of aromatic nitrogens is 3. The van der Waals surface area contributed by atoms with E-state index >= 15 is 0 Å². The van der Waals surface area contributed by atoms with E-state index in [-0.39, 0.29) is 11.1 Å². The third-order valence-electron chi connectivity index (χ3n) is 3.86.